The van der Waals surface area contributed by atoms with Crippen LogP contribution in [0.15, 0.2) is 24.3 Å². The predicted octanol–water partition coefficient (Wildman–Crippen LogP) is 4.38. The second-order valence-electron chi connectivity index (χ2n) is 5.60. The molecule has 0 heterocycles. The van der Waals surface area contributed by atoms with Crippen LogP contribution in [-0.4, -0.2) is 23.8 Å². The van der Waals surface area contributed by atoms with E-state index in [9.17, 15) is 4.39 Å². The average molecular weight is 314 g/mol. The van der Waals surface area contributed by atoms with Gasteiger partial charge in [0, 0.05) is 23.5 Å². The van der Waals surface area contributed by atoms with Crippen molar-refractivity contribution < 1.29 is 4.39 Å². The Hall–Kier alpha value is -0.410. The van der Waals surface area contributed by atoms with Crippen molar-refractivity contribution in [2.24, 2.45) is 5.41 Å². The molecule has 0 radical (unpaired) electrons. The monoisotopic (exact) mass is 313 g/mol. The van der Waals surface area contributed by atoms with Gasteiger partial charge in [-0.15, -0.1) is 0 Å². The van der Waals surface area contributed by atoms with E-state index >= 15 is 0 Å². The molecule has 0 amide bonds. The van der Waals surface area contributed by atoms with Crippen molar-refractivity contribution >= 4 is 15.9 Å². The van der Waals surface area contributed by atoms with Gasteiger partial charge >= 0.3 is 0 Å². The number of halogens is 2. The second kappa shape index (κ2) is 5.70. The molecule has 1 fully saturated rings. The van der Waals surface area contributed by atoms with Crippen molar-refractivity contribution in [3.8, 4) is 0 Å². The van der Waals surface area contributed by atoms with E-state index in [4.69, 9.17) is 0 Å². The first-order valence-electron chi connectivity index (χ1n) is 6.59. The molecule has 0 aliphatic heterocycles. The third-order valence-electron chi connectivity index (χ3n) is 4.30. The Balaban J connectivity index is 2.05. The molecule has 0 spiro atoms. The molecule has 1 aliphatic rings. The van der Waals surface area contributed by atoms with Gasteiger partial charge in [0.25, 0.3) is 0 Å². The number of hydrogen-bond donors (Lipinski definition) is 0. The Kier molecular flexibility index (Phi) is 4.44. The fraction of sp³-hybridized carbons (Fsp3) is 0.600. The molecule has 0 bridgehead atoms. The summed E-state index contributed by atoms with van der Waals surface area (Å²) >= 11 is 3.63. The predicted molar refractivity (Wildman–Crippen MR) is 77.5 cm³/mol. The Bertz CT molecular complexity index is 398. The van der Waals surface area contributed by atoms with E-state index in [0.717, 1.165) is 17.4 Å². The molecule has 18 heavy (non-hydrogen) atoms. The van der Waals surface area contributed by atoms with Gasteiger partial charge in [-0.2, -0.15) is 0 Å². The molecule has 3 heteroatoms. The summed E-state index contributed by atoms with van der Waals surface area (Å²) in [5.41, 5.74) is 1.21. The smallest absolute Gasteiger partial charge is 0.127 e. The van der Waals surface area contributed by atoms with Gasteiger partial charge in [-0.25, -0.2) is 4.39 Å². The zero-order valence-corrected chi connectivity index (χ0v) is 12.7. The first-order valence-corrected chi connectivity index (χ1v) is 7.71. The van der Waals surface area contributed by atoms with E-state index < -0.39 is 0 Å². The summed E-state index contributed by atoms with van der Waals surface area (Å²) in [7, 11) is 2.10. The van der Waals surface area contributed by atoms with Crippen LogP contribution in [0.3, 0.4) is 0 Å². The van der Waals surface area contributed by atoms with E-state index in [1.54, 1.807) is 12.1 Å². The van der Waals surface area contributed by atoms with E-state index in [1.807, 2.05) is 12.1 Å². The summed E-state index contributed by atoms with van der Waals surface area (Å²) in [4.78, 5) is 2.28. The Morgan fingerprint density at radius 2 is 2.06 bits per heavy atom. The molecule has 1 aliphatic carbocycles. The minimum Gasteiger partial charge on any atom is -0.299 e. The third-order valence-corrected chi connectivity index (χ3v) is 5.49. The maximum atomic E-state index is 13.8. The van der Waals surface area contributed by atoms with Gasteiger partial charge < -0.3 is 0 Å². The molecule has 2 rings (SSSR count). The highest BCUT2D eigenvalue weighted by Crippen LogP contribution is 2.43. The van der Waals surface area contributed by atoms with Gasteiger partial charge in [-0.1, -0.05) is 40.5 Å². The highest BCUT2D eigenvalue weighted by atomic mass is 79.9. The Morgan fingerprint density at radius 3 is 2.56 bits per heavy atom. The normalized spacial score (nSPS) is 19.6. The van der Waals surface area contributed by atoms with Gasteiger partial charge in [0.05, 0.1) is 0 Å². The van der Waals surface area contributed by atoms with Crippen molar-refractivity contribution in [2.75, 3.05) is 18.9 Å². The van der Waals surface area contributed by atoms with Crippen molar-refractivity contribution in [1.82, 2.24) is 4.90 Å². The molecular weight excluding hydrogens is 293 g/mol. The van der Waals surface area contributed by atoms with Crippen molar-refractivity contribution in [1.29, 1.82) is 0 Å². The van der Waals surface area contributed by atoms with Gasteiger partial charge in [-0.05, 0) is 38.3 Å². The SMILES string of the molecule is CC(c1ccccc1F)N(C)CC1(CBr)CCC1. The van der Waals surface area contributed by atoms with Gasteiger partial charge in [0.1, 0.15) is 5.82 Å². The molecule has 1 aromatic carbocycles. The second-order valence-corrected chi connectivity index (χ2v) is 6.16. The summed E-state index contributed by atoms with van der Waals surface area (Å²) in [6, 6.07) is 7.22. The van der Waals surface area contributed by atoms with Crippen LogP contribution >= 0.6 is 15.9 Å². The van der Waals surface area contributed by atoms with E-state index in [-0.39, 0.29) is 11.9 Å². The van der Waals surface area contributed by atoms with Crippen LogP contribution in [0.25, 0.3) is 0 Å². The molecule has 1 nitrogen and oxygen atoms in total. The topological polar surface area (TPSA) is 3.24 Å². The summed E-state index contributed by atoms with van der Waals surface area (Å²) < 4.78 is 13.8. The highest BCUT2D eigenvalue weighted by molar-refractivity contribution is 9.09. The summed E-state index contributed by atoms with van der Waals surface area (Å²) in [6.45, 7) is 3.12. The zero-order valence-electron chi connectivity index (χ0n) is 11.1. The fourth-order valence-corrected chi connectivity index (χ4v) is 3.47. The Labute approximate surface area is 118 Å². The third kappa shape index (κ3) is 2.77. The van der Waals surface area contributed by atoms with Crippen LogP contribution in [0.1, 0.15) is 37.8 Å². The largest absolute Gasteiger partial charge is 0.299 e. The fourth-order valence-electron chi connectivity index (χ4n) is 2.73. The highest BCUT2D eigenvalue weighted by Gasteiger charge is 2.37. The first-order chi connectivity index (χ1) is 8.58. The number of benzene rings is 1. The quantitative estimate of drug-likeness (QED) is 0.729. The first kappa shape index (κ1) is 14.0. The minimum atomic E-state index is -0.0987. The molecule has 0 N–H and O–H groups in total. The van der Waals surface area contributed by atoms with Gasteiger partial charge in [0.15, 0.2) is 0 Å². The lowest BCUT2D eigenvalue weighted by Crippen LogP contribution is -2.43. The van der Waals surface area contributed by atoms with Crippen LogP contribution in [0.2, 0.25) is 0 Å². The van der Waals surface area contributed by atoms with Crippen LogP contribution < -0.4 is 0 Å². The van der Waals surface area contributed by atoms with E-state index in [0.29, 0.717) is 5.41 Å². The summed E-state index contributed by atoms with van der Waals surface area (Å²) in [5, 5.41) is 1.05. The van der Waals surface area contributed by atoms with Crippen LogP contribution in [-0.2, 0) is 0 Å². The molecule has 1 unspecified atom stereocenters. The molecule has 100 valence electrons. The number of alkyl halides is 1. The Morgan fingerprint density at radius 1 is 1.39 bits per heavy atom. The van der Waals surface area contributed by atoms with Crippen LogP contribution in [0.5, 0.6) is 0 Å². The number of nitrogens with zero attached hydrogens (tertiary/aromatic N) is 1. The number of hydrogen-bond acceptors (Lipinski definition) is 1. The molecule has 1 aromatic rings. The lowest BCUT2D eigenvalue weighted by molar-refractivity contribution is 0.0854. The number of rotatable bonds is 5. The van der Waals surface area contributed by atoms with Gasteiger partial charge in [0.2, 0.25) is 0 Å². The zero-order chi connectivity index (χ0) is 13.2. The van der Waals surface area contributed by atoms with Crippen LogP contribution in [0, 0.1) is 11.2 Å². The molecule has 1 atom stereocenters. The van der Waals surface area contributed by atoms with E-state index in [2.05, 4.69) is 34.8 Å². The molecule has 0 aromatic heterocycles. The maximum absolute atomic E-state index is 13.8. The molecule has 0 saturated heterocycles. The van der Waals surface area contributed by atoms with Crippen molar-refractivity contribution in [3.63, 3.8) is 0 Å². The van der Waals surface area contributed by atoms with Crippen LogP contribution in [0.4, 0.5) is 4.39 Å². The standard InChI is InChI=1S/C15H21BrFN/c1-12(13-6-3-4-7-14(13)17)18(2)11-15(10-16)8-5-9-15/h3-4,6-7,12H,5,8-11H2,1-2H3. The summed E-state index contributed by atoms with van der Waals surface area (Å²) in [6.07, 6.45) is 3.90. The van der Waals surface area contributed by atoms with Crippen molar-refractivity contribution in [3.05, 3.63) is 35.6 Å². The molecular formula is C15H21BrFN. The lowest BCUT2D eigenvalue weighted by atomic mass is 9.70. The summed E-state index contributed by atoms with van der Waals surface area (Å²) in [5.74, 6) is -0.0987. The maximum Gasteiger partial charge on any atom is 0.127 e. The van der Waals surface area contributed by atoms with Gasteiger partial charge in [-0.3, -0.25) is 4.90 Å². The lowest BCUT2D eigenvalue weighted by Gasteiger charge is -2.44. The van der Waals surface area contributed by atoms with E-state index in [1.165, 1.54) is 19.3 Å². The average Bonchev–Trinajstić information content (AvgIpc) is 2.33. The molecule has 1 saturated carbocycles. The minimum absolute atomic E-state index is 0.0987. The van der Waals surface area contributed by atoms with Crippen molar-refractivity contribution in [2.45, 2.75) is 32.2 Å².